The minimum Gasteiger partial charge on any atom is -0.497 e. The maximum absolute atomic E-state index is 12.1. The highest BCUT2D eigenvalue weighted by atomic mass is 16.5. The maximum atomic E-state index is 12.1. The van der Waals surface area contributed by atoms with E-state index in [1.807, 2.05) is 18.2 Å². The Morgan fingerprint density at radius 1 is 1.08 bits per heavy atom. The Kier molecular flexibility index (Phi) is 6.37. The molecule has 1 heterocycles. The van der Waals surface area contributed by atoms with Gasteiger partial charge >= 0.3 is 0 Å². The number of benzene rings is 1. The van der Waals surface area contributed by atoms with Gasteiger partial charge in [0.2, 0.25) is 0 Å². The van der Waals surface area contributed by atoms with Crippen LogP contribution in [-0.4, -0.2) is 48.5 Å². The first kappa shape index (κ1) is 18.0. The molecule has 0 unspecified atom stereocenters. The third kappa shape index (κ3) is 4.14. The monoisotopic (exact) mass is 331 g/mol. The molecule has 2 rings (SSSR count). The van der Waals surface area contributed by atoms with E-state index in [1.165, 1.54) is 4.68 Å². The maximum Gasteiger partial charge on any atom is 0.266 e. The molecule has 0 spiro atoms. The minimum absolute atomic E-state index is 0.104. The molecule has 130 valence electrons. The van der Waals surface area contributed by atoms with Crippen molar-refractivity contribution in [1.82, 2.24) is 14.7 Å². The summed E-state index contributed by atoms with van der Waals surface area (Å²) in [4.78, 5) is 14.4. The Morgan fingerprint density at radius 2 is 1.83 bits per heavy atom. The van der Waals surface area contributed by atoms with E-state index >= 15 is 0 Å². The average molecular weight is 331 g/mol. The molecule has 0 aliphatic rings. The van der Waals surface area contributed by atoms with Gasteiger partial charge in [-0.3, -0.25) is 4.79 Å². The number of nitrogens with zero attached hydrogens (tertiary/aromatic N) is 3. The number of likely N-dealkylation sites (N-methyl/N-ethyl adjacent to an activating group) is 1. The van der Waals surface area contributed by atoms with E-state index in [2.05, 4.69) is 23.8 Å². The van der Waals surface area contributed by atoms with Gasteiger partial charge in [0.1, 0.15) is 11.5 Å². The van der Waals surface area contributed by atoms with Gasteiger partial charge in [-0.15, -0.1) is 0 Å². The fourth-order valence-electron chi connectivity index (χ4n) is 2.54. The van der Waals surface area contributed by atoms with Crippen molar-refractivity contribution in [3.05, 3.63) is 40.7 Å². The summed E-state index contributed by atoms with van der Waals surface area (Å²) in [7, 11) is 3.23. The molecule has 0 N–H and O–H groups in total. The average Bonchev–Trinajstić information content (AvgIpc) is 2.63. The van der Waals surface area contributed by atoms with Gasteiger partial charge in [-0.1, -0.05) is 13.8 Å². The lowest BCUT2D eigenvalue weighted by Gasteiger charge is -2.18. The van der Waals surface area contributed by atoms with Crippen LogP contribution in [0.3, 0.4) is 0 Å². The molecule has 0 radical (unpaired) electrons. The quantitative estimate of drug-likeness (QED) is 0.743. The summed E-state index contributed by atoms with van der Waals surface area (Å²) in [5, 5.41) is 4.51. The first-order valence-corrected chi connectivity index (χ1v) is 8.15. The molecule has 0 fully saturated rings. The molecule has 0 saturated heterocycles. The van der Waals surface area contributed by atoms with Gasteiger partial charge in [-0.05, 0) is 37.4 Å². The van der Waals surface area contributed by atoms with Crippen LogP contribution in [0.4, 0.5) is 0 Å². The molecule has 0 aliphatic heterocycles. The summed E-state index contributed by atoms with van der Waals surface area (Å²) < 4.78 is 12.2. The number of rotatable bonds is 8. The van der Waals surface area contributed by atoms with Crippen molar-refractivity contribution in [2.24, 2.45) is 0 Å². The van der Waals surface area contributed by atoms with Gasteiger partial charge in [0.25, 0.3) is 5.56 Å². The van der Waals surface area contributed by atoms with Crippen LogP contribution in [0.2, 0.25) is 0 Å². The second kappa shape index (κ2) is 8.49. The highest BCUT2D eigenvalue weighted by Gasteiger charge is 2.11. The number of methoxy groups -OCH3 is 2. The van der Waals surface area contributed by atoms with Crippen molar-refractivity contribution >= 4 is 0 Å². The van der Waals surface area contributed by atoms with E-state index in [4.69, 9.17) is 9.47 Å². The van der Waals surface area contributed by atoms with Crippen molar-refractivity contribution in [2.45, 2.75) is 20.4 Å². The van der Waals surface area contributed by atoms with Gasteiger partial charge in [0, 0.05) is 18.2 Å². The smallest absolute Gasteiger partial charge is 0.266 e. The van der Waals surface area contributed by atoms with Gasteiger partial charge in [0.05, 0.1) is 26.5 Å². The third-order valence-corrected chi connectivity index (χ3v) is 4.07. The topological polar surface area (TPSA) is 56.6 Å². The molecule has 1 aromatic carbocycles. The van der Waals surface area contributed by atoms with Crippen LogP contribution < -0.4 is 15.0 Å². The number of hydrogen-bond donors (Lipinski definition) is 0. The van der Waals surface area contributed by atoms with E-state index in [0.717, 1.165) is 25.2 Å². The molecule has 6 heteroatoms. The summed E-state index contributed by atoms with van der Waals surface area (Å²) >= 11 is 0. The zero-order valence-corrected chi connectivity index (χ0v) is 14.8. The van der Waals surface area contributed by atoms with Crippen LogP contribution in [0.25, 0.3) is 11.3 Å². The summed E-state index contributed by atoms with van der Waals surface area (Å²) in [6, 6.07) is 8.79. The van der Waals surface area contributed by atoms with Crippen LogP contribution in [0.5, 0.6) is 11.5 Å². The number of hydrogen-bond acceptors (Lipinski definition) is 5. The lowest BCUT2D eigenvalue weighted by molar-refractivity contribution is 0.283. The lowest BCUT2D eigenvalue weighted by atomic mass is 10.1. The molecular formula is C18H25N3O3. The predicted octanol–water partition coefficient (Wildman–Crippen LogP) is 2.27. The van der Waals surface area contributed by atoms with Gasteiger partial charge in [-0.25, -0.2) is 4.68 Å². The fraction of sp³-hybridized carbons (Fsp3) is 0.444. The van der Waals surface area contributed by atoms with Crippen LogP contribution in [0.1, 0.15) is 13.8 Å². The Bertz CT molecular complexity index is 724. The standard InChI is InChI=1S/C18H25N3O3/c1-5-20(6-2)11-12-21-18(22)10-8-16(19-21)15-13-14(23-3)7-9-17(15)24-4/h7-10,13H,5-6,11-12H2,1-4H3. The highest BCUT2D eigenvalue weighted by molar-refractivity contribution is 5.68. The summed E-state index contributed by atoms with van der Waals surface area (Å²) in [6.07, 6.45) is 0. The molecule has 0 bridgehead atoms. The fourth-order valence-corrected chi connectivity index (χ4v) is 2.54. The zero-order chi connectivity index (χ0) is 17.5. The first-order chi connectivity index (χ1) is 11.6. The minimum atomic E-state index is -0.104. The number of ether oxygens (including phenoxy) is 2. The van der Waals surface area contributed by atoms with E-state index in [-0.39, 0.29) is 5.56 Å². The van der Waals surface area contributed by atoms with E-state index in [9.17, 15) is 4.79 Å². The van der Waals surface area contributed by atoms with Crippen molar-refractivity contribution in [2.75, 3.05) is 33.9 Å². The SMILES string of the molecule is CCN(CC)CCn1nc(-c2cc(OC)ccc2OC)ccc1=O. The largest absolute Gasteiger partial charge is 0.497 e. The molecule has 0 saturated carbocycles. The molecule has 0 amide bonds. The molecule has 6 nitrogen and oxygen atoms in total. The van der Waals surface area contributed by atoms with Crippen molar-refractivity contribution in [1.29, 1.82) is 0 Å². The summed E-state index contributed by atoms with van der Waals surface area (Å²) in [6.45, 7) is 7.47. The third-order valence-electron chi connectivity index (χ3n) is 4.07. The Morgan fingerprint density at radius 3 is 2.46 bits per heavy atom. The highest BCUT2D eigenvalue weighted by Crippen LogP contribution is 2.31. The van der Waals surface area contributed by atoms with Crippen LogP contribution in [0, 0.1) is 0 Å². The first-order valence-electron chi connectivity index (χ1n) is 8.15. The molecule has 1 aromatic heterocycles. The van der Waals surface area contributed by atoms with Crippen molar-refractivity contribution in [3.8, 4) is 22.8 Å². The molecule has 0 aliphatic carbocycles. The predicted molar refractivity (Wildman–Crippen MR) is 94.8 cm³/mol. The Labute approximate surface area is 142 Å². The van der Waals surface area contributed by atoms with Gasteiger partial charge in [0.15, 0.2) is 0 Å². The normalized spacial score (nSPS) is 10.9. The van der Waals surface area contributed by atoms with Gasteiger partial charge < -0.3 is 14.4 Å². The zero-order valence-electron chi connectivity index (χ0n) is 14.8. The Balaban J connectivity index is 2.35. The van der Waals surface area contributed by atoms with Crippen molar-refractivity contribution in [3.63, 3.8) is 0 Å². The molecule has 0 atom stereocenters. The molecular weight excluding hydrogens is 306 g/mol. The summed E-state index contributed by atoms with van der Waals surface area (Å²) in [5.41, 5.74) is 1.38. The molecule has 24 heavy (non-hydrogen) atoms. The van der Waals surface area contributed by atoms with E-state index < -0.39 is 0 Å². The van der Waals surface area contributed by atoms with Crippen molar-refractivity contribution < 1.29 is 9.47 Å². The second-order valence-electron chi connectivity index (χ2n) is 5.37. The van der Waals surface area contributed by atoms with Crippen LogP contribution in [0.15, 0.2) is 35.1 Å². The second-order valence-corrected chi connectivity index (χ2v) is 5.37. The van der Waals surface area contributed by atoms with Crippen LogP contribution in [-0.2, 0) is 6.54 Å². The Hall–Kier alpha value is -2.34. The lowest BCUT2D eigenvalue weighted by Crippen LogP contribution is -2.32. The van der Waals surface area contributed by atoms with E-state index in [0.29, 0.717) is 23.7 Å². The van der Waals surface area contributed by atoms with Gasteiger partial charge in [-0.2, -0.15) is 5.10 Å². The summed E-state index contributed by atoms with van der Waals surface area (Å²) in [5.74, 6) is 1.41. The molecule has 2 aromatic rings. The van der Waals surface area contributed by atoms with E-state index in [1.54, 1.807) is 26.4 Å². The number of aromatic nitrogens is 2. The van der Waals surface area contributed by atoms with Crippen LogP contribution >= 0.6 is 0 Å².